The number of nitrogens with zero attached hydrogens (tertiary/aromatic N) is 1. The second-order valence-electron chi connectivity index (χ2n) is 6.99. The quantitative estimate of drug-likeness (QED) is 0.446. The molecule has 0 fully saturated rings. The van der Waals surface area contributed by atoms with Gasteiger partial charge >= 0.3 is 12.3 Å². The van der Waals surface area contributed by atoms with Crippen LogP contribution in [-0.4, -0.2) is 22.7 Å². The summed E-state index contributed by atoms with van der Waals surface area (Å²) in [6, 6.07) is 3.58. The summed E-state index contributed by atoms with van der Waals surface area (Å²) in [6.45, 7) is 7.43. The van der Waals surface area contributed by atoms with Crippen molar-refractivity contribution in [3.63, 3.8) is 0 Å². The second kappa shape index (κ2) is 5.82. The number of alkyl halides is 4. The van der Waals surface area contributed by atoms with E-state index in [1.165, 1.54) is 11.0 Å². The van der Waals surface area contributed by atoms with Gasteiger partial charge in [-0.2, -0.15) is 13.2 Å². The molecule has 0 N–H and O–H groups in total. The maximum Gasteiger partial charge on any atom is 0.416 e. The van der Waals surface area contributed by atoms with Crippen LogP contribution in [0.4, 0.5) is 23.7 Å². The van der Waals surface area contributed by atoms with Crippen LogP contribution in [0, 0.1) is 0 Å². The number of carbonyl (C=O) groups excluding carboxylic acids is 1. The van der Waals surface area contributed by atoms with Crippen molar-refractivity contribution in [1.29, 1.82) is 0 Å². The second-order valence-corrected chi connectivity index (χ2v) is 7.75. The third-order valence-corrected chi connectivity index (χ3v) is 5.37. The van der Waals surface area contributed by atoms with Crippen LogP contribution in [0.25, 0.3) is 0 Å². The van der Waals surface area contributed by atoms with Crippen molar-refractivity contribution in [2.24, 2.45) is 0 Å². The highest BCUT2D eigenvalue weighted by molar-refractivity contribution is 14.1. The summed E-state index contributed by atoms with van der Waals surface area (Å²) in [5.41, 5.74) is -0.833. The van der Waals surface area contributed by atoms with E-state index in [0.717, 1.165) is 17.7 Å². The number of rotatable bonds is 1. The molecular formula is C16H19F3INO2. The van der Waals surface area contributed by atoms with Gasteiger partial charge in [0.15, 0.2) is 0 Å². The Bertz CT molecular complexity index is 625. The zero-order valence-corrected chi connectivity index (χ0v) is 15.6. The number of anilines is 1. The minimum absolute atomic E-state index is 0.285. The first-order valence-corrected chi connectivity index (χ1v) is 8.68. The molecule has 0 spiro atoms. The van der Waals surface area contributed by atoms with E-state index in [0.29, 0.717) is 11.0 Å². The van der Waals surface area contributed by atoms with E-state index in [1.54, 1.807) is 20.8 Å². The molecule has 1 amide bonds. The molecule has 7 heteroatoms. The molecule has 0 saturated heterocycles. The standard InChI is InChI=1S/C16H19F3INO2/c1-14(2,3)23-13(22)21-9-15(4,8-20)11-6-5-10(7-12(11)21)16(17,18)19/h5-7H,8-9H2,1-4H3. The molecule has 0 radical (unpaired) electrons. The lowest BCUT2D eigenvalue weighted by molar-refractivity contribution is -0.137. The number of benzene rings is 1. The molecule has 1 unspecified atom stereocenters. The molecule has 0 aromatic heterocycles. The number of amides is 1. The monoisotopic (exact) mass is 441 g/mol. The summed E-state index contributed by atoms with van der Waals surface area (Å²) in [4.78, 5) is 13.7. The van der Waals surface area contributed by atoms with Gasteiger partial charge in [-0.15, -0.1) is 0 Å². The van der Waals surface area contributed by atoms with Gasteiger partial charge in [-0.05, 0) is 38.5 Å². The molecule has 1 aliphatic heterocycles. The average Bonchev–Trinajstić information content (AvgIpc) is 2.70. The number of carbonyl (C=O) groups is 1. The Hall–Kier alpha value is -0.990. The van der Waals surface area contributed by atoms with Crippen LogP contribution in [0.5, 0.6) is 0 Å². The van der Waals surface area contributed by atoms with Crippen molar-refractivity contribution in [2.75, 3.05) is 15.9 Å². The van der Waals surface area contributed by atoms with Gasteiger partial charge in [0.2, 0.25) is 0 Å². The molecule has 128 valence electrons. The summed E-state index contributed by atoms with van der Waals surface area (Å²) in [6.07, 6.45) is -5.07. The first-order chi connectivity index (χ1) is 10.4. The number of hydrogen-bond donors (Lipinski definition) is 0. The molecule has 1 aromatic carbocycles. The van der Waals surface area contributed by atoms with Gasteiger partial charge in [-0.1, -0.05) is 35.6 Å². The van der Waals surface area contributed by atoms with E-state index in [-0.39, 0.29) is 5.69 Å². The summed E-state index contributed by atoms with van der Waals surface area (Å²) < 4.78 is 45.0. The number of fused-ring (bicyclic) bond motifs is 1. The Morgan fingerprint density at radius 3 is 2.43 bits per heavy atom. The van der Waals surface area contributed by atoms with Crippen LogP contribution in [0.3, 0.4) is 0 Å². The highest BCUT2D eigenvalue weighted by atomic mass is 127. The fourth-order valence-corrected chi connectivity index (χ4v) is 3.21. The molecule has 0 aliphatic carbocycles. The van der Waals surface area contributed by atoms with Gasteiger partial charge in [-0.3, -0.25) is 4.90 Å². The van der Waals surface area contributed by atoms with Crippen LogP contribution in [-0.2, 0) is 16.3 Å². The Labute approximate surface area is 147 Å². The van der Waals surface area contributed by atoms with Crippen molar-refractivity contribution in [3.05, 3.63) is 29.3 Å². The maximum absolute atomic E-state index is 13.0. The van der Waals surface area contributed by atoms with Gasteiger partial charge in [0.1, 0.15) is 5.60 Å². The van der Waals surface area contributed by atoms with Crippen LogP contribution >= 0.6 is 22.6 Å². The Balaban J connectivity index is 2.48. The van der Waals surface area contributed by atoms with E-state index in [9.17, 15) is 18.0 Å². The third kappa shape index (κ3) is 3.75. The average molecular weight is 441 g/mol. The number of halogens is 4. The lowest BCUT2D eigenvalue weighted by Gasteiger charge is -2.26. The Morgan fingerprint density at radius 2 is 1.96 bits per heavy atom. The molecule has 1 aromatic rings. The predicted molar refractivity (Wildman–Crippen MR) is 91.3 cm³/mol. The molecule has 0 bridgehead atoms. The van der Waals surface area contributed by atoms with Crippen molar-refractivity contribution in [2.45, 2.75) is 44.9 Å². The molecule has 23 heavy (non-hydrogen) atoms. The minimum atomic E-state index is -4.45. The predicted octanol–water partition coefficient (Wildman–Crippen LogP) is 5.15. The third-order valence-electron chi connectivity index (χ3n) is 3.68. The van der Waals surface area contributed by atoms with Gasteiger partial charge in [0.25, 0.3) is 0 Å². The number of hydrogen-bond acceptors (Lipinski definition) is 2. The molecule has 1 atom stereocenters. The van der Waals surface area contributed by atoms with Crippen molar-refractivity contribution in [1.82, 2.24) is 0 Å². The first-order valence-electron chi connectivity index (χ1n) is 7.16. The van der Waals surface area contributed by atoms with Crippen molar-refractivity contribution >= 4 is 34.4 Å². The van der Waals surface area contributed by atoms with E-state index in [1.807, 2.05) is 6.92 Å². The Kier molecular flexibility index (Phi) is 4.65. The van der Waals surface area contributed by atoms with E-state index < -0.39 is 28.8 Å². The molecular weight excluding hydrogens is 422 g/mol. The van der Waals surface area contributed by atoms with Crippen LogP contribution in [0.2, 0.25) is 0 Å². The van der Waals surface area contributed by atoms with E-state index >= 15 is 0 Å². The van der Waals surface area contributed by atoms with Gasteiger partial charge in [0, 0.05) is 16.4 Å². The van der Waals surface area contributed by atoms with Crippen molar-refractivity contribution < 1.29 is 22.7 Å². The summed E-state index contributed by atoms with van der Waals surface area (Å²) in [7, 11) is 0. The molecule has 3 nitrogen and oxygen atoms in total. The molecule has 0 saturated carbocycles. The molecule has 2 rings (SSSR count). The zero-order valence-electron chi connectivity index (χ0n) is 13.4. The smallest absolute Gasteiger partial charge is 0.416 e. The Morgan fingerprint density at radius 1 is 1.35 bits per heavy atom. The normalized spacial score (nSPS) is 21.3. The lowest BCUT2D eigenvalue weighted by Crippen LogP contribution is -2.39. The largest absolute Gasteiger partial charge is 0.443 e. The SMILES string of the molecule is CC(C)(C)OC(=O)N1CC(C)(CI)c2ccc(C(F)(F)F)cc21. The fourth-order valence-electron chi connectivity index (χ4n) is 2.56. The van der Waals surface area contributed by atoms with Gasteiger partial charge in [0.05, 0.1) is 11.3 Å². The fraction of sp³-hybridized carbons (Fsp3) is 0.562. The van der Waals surface area contributed by atoms with Crippen molar-refractivity contribution in [3.8, 4) is 0 Å². The van der Waals surface area contributed by atoms with Crippen LogP contribution < -0.4 is 4.90 Å². The van der Waals surface area contributed by atoms with Gasteiger partial charge in [-0.25, -0.2) is 4.79 Å². The highest BCUT2D eigenvalue weighted by Gasteiger charge is 2.43. The molecule has 1 aliphatic rings. The summed E-state index contributed by atoms with van der Waals surface area (Å²) in [5.74, 6) is 0. The van der Waals surface area contributed by atoms with Crippen LogP contribution in [0.1, 0.15) is 38.8 Å². The summed E-state index contributed by atoms with van der Waals surface area (Å²) >= 11 is 2.19. The topological polar surface area (TPSA) is 29.5 Å². The number of ether oxygens (including phenoxy) is 1. The van der Waals surface area contributed by atoms with Gasteiger partial charge < -0.3 is 4.74 Å². The lowest BCUT2D eigenvalue weighted by atomic mass is 9.86. The van der Waals surface area contributed by atoms with Crippen LogP contribution in [0.15, 0.2) is 18.2 Å². The zero-order chi connectivity index (χ0) is 17.6. The maximum atomic E-state index is 13.0. The molecule has 1 heterocycles. The minimum Gasteiger partial charge on any atom is -0.443 e. The highest BCUT2D eigenvalue weighted by Crippen LogP contribution is 2.45. The van der Waals surface area contributed by atoms with E-state index in [4.69, 9.17) is 4.74 Å². The van der Waals surface area contributed by atoms with E-state index in [2.05, 4.69) is 22.6 Å². The summed E-state index contributed by atoms with van der Waals surface area (Å²) in [5, 5.41) is 0. The first kappa shape index (κ1) is 18.4.